The molecule has 0 aromatic heterocycles. The largest absolute Gasteiger partial charge is 0.480 e. The van der Waals surface area contributed by atoms with Crippen molar-refractivity contribution in [2.75, 3.05) is 6.61 Å². The van der Waals surface area contributed by atoms with Crippen LogP contribution in [0.25, 0.3) is 10.8 Å². The molecule has 0 radical (unpaired) electrons. The van der Waals surface area contributed by atoms with E-state index >= 15 is 0 Å². The molecule has 2 rings (SSSR count). The van der Waals surface area contributed by atoms with Crippen LogP contribution in [-0.2, 0) is 0 Å². The van der Waals surface area contributed by atoms with E-state index in [2.05, 4.69) is 30.0 Å². The summed E-state index contributed by atoms with van der Waals surface area (Å²) in [6.45, 7) is 4.16. The third-order valence-electron chi connectivity index (χ3n) is 2.87. The lowest BCUT2D eigenvalue weighted by molar-refractivity contribution is 0.368. The first-order valence-electron chi connectivity index (χ1n) is 6.03. The Kier molecular flexibility index (Phi) is 3.86. The molecule has 2 aromatic rings. The van der Waals surface area contributed by atoms with Crippen molar-refractivity contribution in [3.63, 3.8) is 0 Å². The second-order valence-electron chi connectivity index (χ2n) is 4.21. The van der Waals surface area contributed by atoms with Crippen LogP contribution in [0.3, 0.4) is 0 Å². The molecule has 18 heavy (non-hydrogen) atoms. The molecule has 0 unspecified atom stereocenters. The van der Waals surface area contributed by atoms with Crippen LogP contribution < -0.4 is 10.5 Å². The maximum absolute atomic E-state index is 5.99. The fraction of sp³-hybridized carbons (Fsp3) is 0.250. The molecule has 0 heterocycles. The summed E-state index contributed by atoms with van der Waals surface area (Å²) < 4.78 is 5.80. The fourth-order valence-electron chi connectivity index (χ4n) is 1.96. The third-order valence-corrected chi connectivity index (χ3v) is 2.87. The summed E-state index contributed by atoms with van der Waals surface area (Å²) in [6, 6.07) is 12.2. The highest BCUT2D eigenvalue weighted by molar-refractivity contribution is 5.89. The van der Waals surface area contributed by atoms with Crippen LogP contribution in [-0.4, -0.2) is 6.61 Å². The van der Waals surface area contributed by atoms with Gasteiger partial charge in [-0.3, -0.25) is 0 Å². The molecular weight excluding hydrogens is 222 g/mol. The van der Waals surface area contributed by atoms with Crippen LogP contribution in [0.4, 0.5) is 0 Å². The predicted molar refractivity (Wildman–Crippen MR) is 75.5 cm³/mol. The Bertz CT molecular complexity index is 605. The van der Waals surface area contributed by atoms with E-state index in [1.807, 2.05) is 25.1 Å². The van der Waals surface area contributed by atoms with E-state index in [0.29, 0.717) is 6.61 Å². The Labute approximate surface area is 108 Å². The van der Waals surface area contributed by atoms with Crippen LogP contribution in [0.2, 0.25) is 0 Å². The second kappa shape index (κ2) is 5.57. The van der Waals surface area contributed by atoms with Crippen LogP contribution in [0.1, 0.15) is 25.5 Å². The SMILES string of the molecule is CC#CCOc1c([C@H](C)N)ccc2ccccc12. The summed E-state index contributed by atoms with van der Waals surface area (Å²) in [7, 11) is 0. The first-order chi connectivity index (χ1) is 8.74. The number of ether oxygens (including phenoxy) is 1. The molecule has 0 amide bonds. The zero-order valence-electron chi connectivity index (χ0n) is 10.7. The van der Waals surface area contributed by atoms with E-state index in [1.165, 1.54) is 0 Å². The highest BCUT2D eigenvalue weighted by Gasteiger charge is 2.11. The van der Waals surface area contributed by atoms with Gasteiger partial charge in [0, 0.05) is 17.0 Å². The highest BCUT2D eigenvalue weighted by Crippen LogP contribution is 2.32. The fourth-order valence-corrected chi connectivity index (χ4v) is 1.96. The van der Waals surface area contributed by atoms with Crippen molar-refractivity contribution < 1.29 is 4.74 Å². The van der Waals surface area contributed by atoms with Crippen molar-refractivity contribution in [3.05, 3.63) is 42.0 Å². The minimum absolute atomic E-state index is 0.0563. The van der Waals surface area contributed by atoms with E-state index < -0.39 is 0 Å². The van der Waals surface area contributed by atoms with E-state index in [9.17, 15) is 0 Å². The normalized spacial score (nSPS) is 11.7. The molecular formula is C16H17NO. The molecule has 2 N–H and O–H groups in total. The summed E-state index contributed by atoms with van der Waals surface area (Å²) in [5, 5.41) is 2.24. The van der Waals surface area contributed by atoms with Crippen molar-refractivity contribution in [2.45, 2.75) is 19.9 Å². The Morgan fingerprint density at radius 2 is 2.00 bits per heavy atom. The first-order valence-corrected chi connectivity index (χ1v) is 6.03. The molecule has 0 fully saturated rings. The maximum Gasteiger partial charge on any atom is 0.149 e. The van der Waals surface area contributed by atoms with Gasteiger partial charge in [-0.05, 0) is 19.2 Å². The predicted octanol–water partition coefficient (Wildman–Crippen LogP) is 3.26. The van der Waals surface area contributed by atoms with E-state index in [0.717, 1.165) is 22.1 Å². The number of hydrogen-bond donors (Lipinski definition) is 1. The highest BCUT2D eigenvalue weighted by atomic mass is 16.5. The Morgan fingerprint density at radius 3 is 2.72 bits per heavy atom. The van der Waals surface area contributed by atoms with Crippen LogP contribution >= 0.6 is 0 Å². The average molecular weight is 239 g/mol. The molecule has 2 nitrogen and oxygen atoms in total. The lowest BCUT2D eigenvalue weighted by Gasteiger charge is -2.15. The summed E-state index contributed by atoms with van der Waals surface area (Å²) >= 11 is 0. The lowest BCUT2D eigenvalue weighted by Crippen LogP contribution is -2.08. The molecule has 0 saturated heterocycles. The molecule has 1 atom stereocenters. The molecule has 0 saturated carbocycles. The van der Waals surface area contributed by atoms with Crippen molar-refractivity contribution in [1.29, 1.82) is 0 Å². The first kappa shape index (κ1) is 12.5. The molecule has 0 aliphatic carbocycles. The number of rotatable bonds is 3. The van der Waals surface area contributed by atoms with E-state index in [-0.39, 0.29) is 6.04 Å². The minimum atomic E-state index is -0.0563. The van der Waals surface area contributed by atoms with Crippen molar-refractivity contribution in [3.8, 4) is 17.6 Å². The minimum Gasteiger partial charge on any atom is -0.480 e. The van der Waals surface area contributed by atoms with Crippen LogP contribution in [0, 0.1) is 11.8 Å². The standard InChI is InChI=1S/C16H17NO/c1-3-4-11-18-16-14(12(2)17)10-9-13-7-5-6-8-15(13)16/h5-10,12H,11,17H2,1-2H3/t12-/m0/s1. The van der Waals surface area contributed by atoms with Gasteiger partial charge in [-0.25, -0.2) is 0 Å². The van der Waals surface area contributed by atoms with Gasteiger partial charge in [0.25, 0.3) is 0 Å². The molecule has 2 aromatic carbocycles. The van der Waals surface area contributed by atoms with Gasteiger partial charge in [-0.15, -0.1) is 5.92 Å². The zero-order valence-corrected chi connectivity index (χ0v) is 10.7. The van der Waals surface area contributed by atoms with Crippen LogP contribution in [0.15, 0.2) is 36.4 Å². The van der Waals surface area contributed by atoms with Crippen molar-refractivity contribution in [2.24, 2.45) is 5.73 Å². The molecule has 0 bridgehead atoms. The van der Waals surface area contributed by atoms with E-state index in [4.69, 9.17) is 10.5 Å². The molecule has 2 heteroatoms. The molecule has 0 spiro atoms. The lowest BCUT2D eigenvalue weighted by atomic mass is 10.0. The van der Waals surface area contributed by atoms with Gasteiger partial charge in [0.05, 0.1) is 0 Å². The van der Waals surface area contributed by atoms with Gasteiger partial charge in [0.1, 0.15) is 12.4 Å². The van der Waals surface area contributed by atoms with Gasteiger partial charge in [0.15, 0.2) is 0 Å². The number of nitrogens with two attached hydrogens (primary N) is 1. The Morgan fingerprint density at radius 1 is 1.22 bits per heavy atom. The van der Waals surface area contributed by atoms with Gasteiger partial charge in [-0.1, -0.05) is 42.3 Å². The van der Waals surface area contributed by atoms with Crippen molar-refractivity contribution in [1.82, 2.24) is 0 Å². The molecule has 92 valence electrons. The van der Waals surface area contributed by atoms with Gasteiger partial charge < -0.3 is 10.5 Å². The smallest absolute Gasteiger partial charge is 0.149 e. The van der Waals surface area contributed by atoms with Gasteiger partial charge in [-0.2, -0.15) is 0 Å². The number of benzene rings is 2. The number of hydrogen-bond acceptors (Lipinski definition) is 2. The van der Waals surface area contributed by atoms with E-state index in [1.54, 1.807) is 6.92 Å². The molecule has 0 aliphatic heterocycles. The third kappa shape index (κ3) is 2.47. The second-order valence-corrected chi connectivity index (χ2v) is 4.21. The zero-order chi connectivity index (χ0) is 13.0. The van der Waals surface area contributed by atoms with Gasteiger partial charge >= 0.3 is 0 Å². The van der Waals surface area contributed by atoms with Crippen LogP contribution in [0.5, 0.6) is 5.75 Å². The van der Waals surface area contributed by atoms with Gasteiger partial charge in [0.2, 0.25) is 0 Å². The molecule has 0 aliphatic rings. The van der Waals surface area contributed by atoms with Crippen molar-refractivity contribution >= 4 is 10.8 Å². The quantitative estimate of drug-likeness (QED) is 0.834. The number of fused-ring (bicyclic) bond motifs is 1. The summed E-state index contributed by atoms with van der Waals surface area (Å²) in [4.78, 5) is 0. The average Bonchev–Trinajstić information content (AvgIpc) is 2.38. The Balaban J connectivity index is 2.54. The monoisotopic (exact) mass is 239 g/mol. The summed E-state index contributed by atoms with van der Waals surface area (Å²) in [5.74, 6) is 6.60. The summed E-state index contributed by atoms with van der Waals surface area (Å²) in [5.41, 5.74) is 7.01. The Hall–Kier alpha value is -1.98. The summed E-state index contributed by atoms with van der Waals surface area (Å²) in [6.07, 6.45) is 0. The topological polar surface area (TPSA) is 35.2 Å². The maximum atomic E-state index is 5.99.